The fraction of sp³-hybridized carbons (Fsp3) is 0.100. The molecule has 0 spiro atoms. The Kier molecular flexibility index (Phi) is 78.6. The van der Waals surface area contributed by atoms with E-state index in [1.54, 1.807) is 0 Å². The van der Waals surface area contributed by atoms with Crippen molar-refractivity contribution in [2.45, 2.75) is 6.42 Å². The van der Waals surface area contributed by atoms with Gasteiger partial charge in [-0.15, -0.1) is 6.42 Å². The van der Waals surface area contributed by atoms with Crippen LogP contribution in [-0.4, -0.2) is 0 Å². The monoisotopic (exact) mass is 375 g/mol. The molecule has 0 aromatic rings. The molecule has 0 fully saturated rings. The summed E-state index contributed by atoms with van der Waals surface area (Å²) in [5.74, 6) is 0. The summed E-state index contributed by atoms with van der Waals surface area (Å²) in [6.45, 7) is 0. The second-order valence-electron chi connectivity index (χ2n) is 1.19. The first-order chi connectivity index (χ1) is 4.23. The first-order valence-corrected chi connectivity index (χ1v) is 5.51. The van der Waals surface area contributed by atoms with E-state index in [-0.39, 0.29) is 37.1 Å². The number of hydrogen-bond donors (Lipinski definition) is 0. The molecule has 3 nitrogen and oxygen atoms in total. The Balaban J connectivity index is -0.0000000171. The van der Waals surface area contributed by atoms with Gasteiger partial charge in [-0.2, -0.15) is 6.08 Å². The Morgan fingerprint density at radius 3 is 1.36 bits per heavy atom. The molecule has 0 bridgehead atoms. The summed E-state index contributed by atoms with van der Waals surface area (Å²) in [7, 11) is 0. The third-order valence-electron chi connectivity index (χ3n) is 0.586. The van der Waals surface area contributed by atoms with Crippen LogP contribution in [0.25, 0.3) is 0 Å². The van der Waals surface area contributed by atoms with Crippen LogP contribution in [0.3, 0.4) is 0 Å². The normalized spacial score (nSPS) is 8.00. The van der Waals surface area contributed by atoms with Crippen LogP contribution >= 0.6 is 0 Å². The number of allylic oxidation sites excluding steroid dienone is 4. The van der Waals surface area contributed by atoms with Crippen LogP contribution in [0, 0.1) is 43.2 Å². The van der Waals surface area contributed by atoms with Gasteiger partial charge in [0.05, 0.1) is 0 Å². The maximum absolute atomic E-state index is 8.60. The molecule has 91 valence electrons. The van der Waals surface area contributed by atoms with Gasteiger partial charge in [-0.25, -0.2) is 12.2 Å². The van der Waals surface area contributed by atoms with Crippen molar-refractivity contribution in [2.24, 2.45) is 0 Å². The summed E-state index contributed by atoms with van der Waals surface area (Å²) < 4.78 is 25.8. The van der Waals surface area contributed by atoms with Crippen LogP contribution in [0.5, 0.6) is 0 Å². The number of rotatable bonds is 0. The van der Waals surface area contributed by atoms with Crippen molar-refractivity contribution >= 4 is 0 Å². The van der Waals surface area contributed by atoms with Gasteiger partial charge in [0.15, 0.2) is 0 Å². The Hall–Kier alpha value is -0.458. The Bertz CT molecular complexity index is 194. The van der Waals surface area contributed by atoms with Crippen molar-refractivity contribution in [2.75, 3.05) is 0 Å². The van der Waals surface area contributed by atoms with E-state index >= 15 is 0 Å². The summed E-state index contributed by atoms with van der Waals surface area (Å²) in [6, 6.07) is 0. The average Bonchev–Trinajstić information content (AvgIpc) is 2.11. The molecule has 0 atom stereocenters. The van der Waals surface area contributed by atoms with Gasteiger partial charge in [-0.1, -0.05) is 0 Å². The Morgan fingerprint density at radius 1 is 0.929 bits per heavy atom. The molecule has 0 saturated heterocycles. The van der Waals surface area contributed by atoms with Crippen LogP contribution in [0.1, 0.15) is 6.42 Å². The molecular formula is C10H20O3Re-6. The molecule has 1 aliphatic rings. The van der Waals surface area contributed by atoms with E-state index in [2.05, 4.69) is 12.2 Å². The fourth-order valence-electron chi connectivity index (χ4n) is 0.340. The quantitative estimate of drug-likeness (QED) is 0.612. The molecule has 0 saturated carbocycles. The standard InChI is InChI=1S/C5H5.5CH3.3O.Re/c1-2-4-5-3-1;;;;;;;;;/h1-3H,4H2;5*1H3;;;;/q6*-1;;;;. The van der Waals surface area contributed by atoms with Crippen LogP contribution in [0.15, 0.2) is 18.2 Å². The molecule has 1 rings (SSSR count). The van der Waals surface area contributed by atoms with Gasteiger partial charge in [-0.05, 0) is 0 Å². The summed E-state index contributed by atoms with van der Waals surface area (Å²) in [5.41, 5.74) is 0. The van der Waals surface area contributed by atoms with Gasteiger partial charge in [0, 0.05) is 0 Å². The molecule has 0 radical (unpaired) electrons. The van der Waals surface area contributed by atoms with Crippen LogP contribution < -0.4 is 0 Å². The third-order valence-corrected chi connectivity index (χ3v) is 0.586. The van der Waals surface area contributed by atoms with Crippen molar-refractivity contribution in [3.8, 4) is 0 Å². The zero-order valence-corrected chi connectivity index (χ0v) is 12.3. The first-order valence-electron chi connectivity index (χ1n) is 2.18. The molecule has 0 aromatic heterocycles. The van der Waals surface area contributed by atoms with Crippen LogP contribution in [0.4, 0.5) is 0 Å². The molecule has 0 aliphatic heterocycles. The predicted molar refractivity (Wildman–Crippen MR) is 55.7 cm³/mol. The maximum atomic E-state index is 8.60. The zero-order valence-electron chi connectivity index (χ0n) is 9.54. The Morgan fingerprint density at radius 2 is 1.29 bits per heavy atom. The molecular weight excluding hydrogens is 354 g/mol. The summed E-state index contributed by atoms with van der Waals surface area (Å²) in [5, 5.41) is 0. The third kappa shape index (κ3) is 62.2. The number of hydrogen-bond acceptors (Lipinski definition) is 3. The molecule has 0 unspecified atom stereocenters. The van der Waals surface area contributed by atoms with E-state index in [0.29, 0.717) is 0 Å². The molecule has 1 aliphatic carbocycles. The molecule has 4 heteroatoms. The van der Waals surface area contributed by atoms with Crippen LogP contribution in [0.2, 0.25) is 0 Å². The first kappa shape index (κ1) is 37.4. The fourth-order valence-corrected chi connectivity index (χ4v) is 0.340. The van der Waals surface area contributed by atoms with Crippen molar-refractivity contribution in [3.05, 3.63) is 61.4 Å². The summed E-state index contributed by atoms with van der Waals surface area (Å²) in [4.78, 5) is 0. The molecule has 0 N–H and O–H groups in total. The minimum atomic E-state index is -4.21. The van der Waals surface area contributed by atoms with Gasteiger partial charge in [-0.3, -0.25) is 6.08 Å². The summed E-state index contributed by atoms with van der Waals surface area (Å²) >= 11 is -4.21. The van der Waals surface area contributed by atoms with E-state index < -0.39 is 16.6 Å². The van der Waals surface area contributed by atoms with Crippen molar-refractivity contribution < 1.29 is 27.0 Å². The van der Waals surface area contributed by atoms with Crippen molar-refractivity contribution in [3.63, 3.8) is 0 Å². The van der Waals surface area contributed by atoms with Gasteiger partial charge in [0.1, 0.15) is 0 Å². The minimum absolute atomic E-state index is 0. The van der Waals surface area contributed by atoms with Crippen molar-refractivity contribution in [1.82, 2.24) is 0 Å². The summed E-state index contributed by atoms with van der Waals surface area (Å²) in [6.07, 6.45) is 10.0. The average molecular weight is 374 g/mol. The van der Waals surface area contributed by atoms with Gasteiger partial charge in [0.2, 0.25) is 0 Å². The predicted octanol–water partition coefficient (Wildman–Crippen LogP) is 3.20. The van der Waals surface area contributed by atoms with E-state index in [1.807, 2.05) is 12.2 Å². The van der Waals surface area contributed by atoms with Gasteiger partial charge < -0.3 is 37.1 Å². The second-order valence-corrected chi connectivity index (χ2v) is 2.55. The second kappa shape index (κ2) is 29.4. The molecule has 14 heavy (non-hydrogen) atoms. The van der Waals surface area contributed by atoms with Gasteiger partial charge >= 0.3 is 27.0 Å². The topological polar surface area (TPSA) is 51.2 Å². The van der Waals surface area contributed by atoms with E-state index in [1.165, 1.54) is 0 Å². The SMILES string of the molecule is [C-]1=CC=CC1.[CH3-].[CH3-].[CH3-].[CH3-].[CH3-].[O]=[Re](=[O])=[O]. The molecule has 0 heterocycles. The van der Waals surface area contributed by atoms with E-state index in [4.69, 9.17) is 10.4 Å². The van der Waals surface area contributed by atoms with Crippen LogP contribution in [-0.2, 0) is 27.0 Å². The van der Waals surface area contributed by atoms with Crippen molar-refractivity contribution in [1.29, 1.82) is 0 Å². The molecule has 0 amide bonds. The van der Waals surface area contributed by atoms with E-state index in [0.717, 1.165) is 6.42 Å². The van der Waals surface area contributed by atoms with Gasteiger partial charge in [0.25, 0.3) is 0 Å². The molecule has 0 aromatic carbocycles. The van der Waals surface area contributed by atoms with E-state index in [9.17, 15) is 0 Å². The zero-order chi connectivity index (χ0) is 7.11. The Labute approximate surface area is 95.1 Å².